The number of ether oxygens (including phenoxy) is 2. The number of anilines is 2. The summed E-state index contributed by atoms with van der Waals surface area (Å²) in [5, 5.41) is 27.0. The molecule has 0 spiro atoms. The maximum absolute atomic E-state index is 12.7. The second kappa shape index (κ2) is 16.0. The zero-order valence-corrected chi connectivity index (χ0v) is 25.6. The molecule has 0 saturated carbocycles. The Morgan fingerprint density at radius 3 is 1.92 bits per heavy atom. The first-order valence-electron chi connectivity index (χ1n) is 13.3. The molecule has 1 amide bonds. The van der Waals surface area contributed by atoms with E-state index in [0.717, 1.165) is 0 Å². The summed E-state index contributed by atoms with van der Waals surface area (Å²) in [6, 6.07) is 12.3. The molecule has 50 heavy (non-hydrogen) atoms. The van der Waals surface area contributed by atoms with Crippen LogP contribution in [0, 0.1) is 0 Å². The van der Waals surface area contributed by atoms with E-state index >= 15 is 0 Å². The average Bonchev–Trinajstić information content (AvgIpc) is 3.47. The van der Waals surface area contributed by atoms with Crippen molar-refractivity contribution in [3.63, 3.8) is 0 Å². The van der Waals surface area contributed by atoms with Crippen LogP contribution in [0.2, 0.25) is 0 Å². The van der Waals surface area contributed by atoms with Gasteiger partial charge in [-0.05, 0) is 51.1 Å². The number of benzene rings is 2. The van der Waals surface area contributed by atoms with Crippen molar-refractivity contribution in [1.82, 2.24) is 25.5 Å². The molecule has 0 aliphatic heterocycles. The lowest BCUT2D eigenvalue weighted by atomic mass is 10.1. The number of carbonyl (C=O) groups excluding carboxylic acids is 1. The number of rotatable bonds is 7. The highest BCUT2D eigenvalue weighted by atomic mass is 19.4. The van der Waals surface area contributed by atoms with Gasteiger partial charge in [0.25, 0.3) is 5.91 Å². The summed E-state index contributed by atoms with van der Waals surface area (Å²) in [7, 11) is 0. The highest BCUT2D eigenvalue weighted by Crippen LogP contribution is 2.32. The number of amides is 1. The molecule has 0 radical (unpaired) electrons. The number of hydrogen-bond acceptors (Lipinski definition) is 9. The van der Waals surface area contributed by atoms with Gasteiger partial charge in [-0.3, -0.25) is 9.89 Å². The fraction of sp³-hybridized carbons (Fsp3) is 0.286. The van der Waals surface area contributed by atoms with Crippen molar-refractivity contribution >= 4 is 40.4 Å². The van der Waals surface area contributed by atoms with Crippen LogP contribution in [0.1, 0.15) is 20.8 Å². The Kier molecular flexibility index (Phi) is 12.9. The molecule has 0 bridgehead atoms. The van der Waals surface area contributed by atoms with Crippen LogP contribution in [-0.2, 0) is 14.4 Å². The fourth-order valence-electron chi connectivity index (χ4n) is 3.31. The summed E-state index contributed by atoms with van der Waals surface area (Å²) in [6.07, 6.45) is -13.5. The summed E-state index contributed by atoms with van der Waals surface area (Å²) in [5.74, 6) is -4.75. The Hall–Kier alpha value is -5.83. The highest BCUT2D eigenvalue weighted by molar-refractivity contribution is 5.93. The number of carbonyl (C=O) groups is 3. The third-order valence-electron chi connectivity index (χ3n) is 5.12. The van der Waals surface area contributed by atoms with Gasteiger partial charge in [0.05, 0.1) is 11.7 Å². The third-order valence-corrected chi connectivity index (χ3v) is 5.12. The molecule has 272 valence electrons. The van der Waals surface area contributed by atoms with E-state index in [-0.39, 0.29) is 23.9 Å². The van der Waals surface area contributed by atoms with Gasteiger partial charge in [-0.1, -0.05) is 12.1 Å². The van der Waals surface area contributed by atoms with Crippen LogP contribution in [0.5, 0.6) is 11.5 Å². The zero-order valence-electron chi connectivity index (χ0n) is 25.6. The second-order valence-electron chi connectivity index (χ2n) is 10.4. The Morgan fingerprint density at radius 1 is 0.820 bits per heavy atom. The van der Waals surface area contributed by atoms with E-state index < -0.39 is 36.4 Å². The average molecular weight is 729 g/mol. The number of aromatic nitrogens is 4. The molecule has 0 unspecified atom stereocenters. The number of halogens is 9. The molecule has 5 N–H and O–H groups in total. The number of nitrogens with one attached hydrogen (secondary N) is 3. The summed E-state index contributed by atoms with van der Waals surface area (Å²) in [5.41, 5.74) is 0.575. The van der Waals surface area contributed by atoms with Gasteiger partial charge in [-0.25, -0.2) is 19.6 Å². The topological polar surface area (TPSA) is 189 Å². The Morgan fingerprint density at radius 2 is 1.42 bits per heavy atom. The molecule has 4 rings (SSSR count). The lowest BCUT2D eigenvalue weighted by Crippen LogP contribution is -2.43. The number of aliphatic carboxylic acids is 2. The first-order valence-corrected chi connectivity index (χ1v) is 13.3. The zero-order chi connectivity index (χ0) is 38.1. The van der Waals surface area contributed by atoms with Crippen molar-refractivity contribution in [2.75, 3.05) is 11.9 Å². The molecular formula is C28H25F9N6O7. The molecule has 0 aliphatic carbocycles. The SMILES string of the molecule is CC(C)(C)NC(=O)COc1cccc(-c2nc(Nc3ccn[nH]3)c3cc(OC(F)(F)F)ccc3n2)c1.O=C(O)C(F)(F)F.O=C(O)C(F)(F)F. The first-order chi connectivity index (χ1) is 22.8. The molecular weight excluding hydrogens is 703 g/mol. The molecule has 13 nitrogen and oxygen atoms in total. The first kappa shape index (κ1) is 40.3. The van der Waals surface area contributed by atoms with E-state index in [9.17, 15) is 44.3 Å². The van der Waals surface area contributed by atoms with Gasteiger partial charge >= 0.3 is 30.7 Å². The third kappa shape index (κ3) is 14.1. The van der Waals surface area contributed by atoms with Gasteiger partial charge < -0.3 is 30.3 Å². The summed E-state index contributed by atoms with van der Waals surface area (Å²) in [6.45, 7) is 5.44. The largest absolute Gasteiger partial charge is 0.573 e. The van der Waals surface area contributed by atoms with Gasteiger partial charge in [0.2, 0.25) is 0 Å². The number of carboxylic acid groups (broad SMARTS) is 2. The Balaban J connectivity index is 0.000000521. The molecule has 2 aromatic carbocycles. The highest BCUT2D eigenvalue weighted by Gasteiger charge is 2.39. The summed E-state index contributed by atoms with van der Waals surface area (Å²) >= 11 is 0. The monoisotopic (exact) mass is 728 g/mol. The van der Waals surface area contributed by atoms with Gasteiger partial charge in [0.15, 0.2) is 12.4 Å². The number of fused-ring (bicyclic) bond motifs is 1. The van der Waals surface area contributed by atoms with E-state index in [0.29, 0.717) is 33.9 Å². The van der Waals surface area contributed by atoms with Crippen LogP contribution >= 0.6 is 0 Å². The fourth-order valence-corrected chi connectivity index (χ4v) is 3.31. The minimum absolute atomic E-state index is 0.173. The van der Waals surface area contributed by atoms with Crippen molar-refractivity contribution in [1.29, 1.82) is 0 Å². The van der Waals surface area contributed by atoms with E-state index in [2.05, 4.69) is 35.5 Å². The molecule has 0 aliphatic rings. The summed E-state index contributed by atoms with van der Waals surface area (Å²) < 4.78 is 111. The normalized spacial score (nSPS) is 11.7. The van der Waals surface area contributed by atoms with Gasteiger partial charge in [-0.15, -0.1) is 13.2 Å². The number of nitrogens with zero attached hydrogens (tertiary/aromatic N) is 3. The maximum Gasteiger partial charge on any atom is 0.573 e. The van der Waals surface area contributed by atoms with Crippen LogP contribution in [0.15, 0.2) is 54.7 Å². The summed E-state index contributed by atoms with van der Waals surface area (Å²) in [4.78, 5) is 38.9. The van der Waals surface area contributed by atoms with Crippen molar-refractivity contribution in [3.8, 4) is 22.9 Å². The van der Waals surface area contributed by atoms with Crippen LogP contribution in [0.3, 0.4) is 0 Å². The Labute approximate surface area is 274 Å². The van der Waals surface area contributed by atoms with Crippen LogP contribution in [-0.4, -0.2) is 79.1 Å². The van der Waals surface area contributed by atoms with Crippen molar-refractivity contribution < 1.29 is 73.6 Å². The standard InChI is InChI=1S/C24H23F3N6O3.2C2HF3O2/c1-23(2,3)32-20(34)13-35-15-6-4-5-14(11-15)21-29-18-8-7-16(36-24(25,26)27)12-17(18)22(31-21)30-19-9-10-28-33-19;2*3-2(4,5)1(6)7/h4-12H,13H2,1-3H3,(H,32,34)(H2,28,29,30,31,33);2*(H,6,7). The molecule has 0 fully saturated rings. The Bertz CT molecular complexity index is 1750. The number of H-pyrrole nitrogens is 1. The molecule has 0 atom stereocenters. The van der Waals surface area contributed by atoms with Crippen molar-refractivity contribution in [3.05, 3.63) is 54.7 Å². The van der Waals surface area contributed by atoms with E-state index in [4.69, 9.17) is 24.5 Å². The van der Waals surface area contributed by atoms with Gasteiger partial charge in [0, 0.05) is 22.6 Å². The second-order valence-corrected chi connectivity index (χ2v) is 10.4. The number of hydrogen-bond donors (Lipinski definition) is 5. The number of aromatic amines is 1. The minimum atomic E-state index is -5.08. The van der Waals surface area contributed by atoms with Crippen LogP contribution in [0.4, 0.5) is 51.1 Å². The van der Waals surface area contributed by atoms with Gasteiger partial charge in [-0.2, -0.15) is 31.4 Å². The van der Waals surface area contributed by atoms with E-state index in [1.54, 1.807) is 30.3 Å². The lowest BCUT2D eigenvalue weighted by molar-refractivity contribution is -0.274. The molecule has 0 saturated heterocycles. The molecule has 4 aromatic rings. The van der Waals surface area contributed by atoms with Crippen LogP contribution < -0.4 is 20.1 Å². The van der Waals surface area contributed by atoms with Gasteiger partial charge in [0.1, 0.15) is 23.1 Å². The van der Waals surface area contributed by atoms with Crippen LogP contribution in [0.25, 0.3) is 22.3 Å². The van der Waals surface area contributed by atoms with Crippen molar-refractivity contribution in [2.45, 2.75) is 45.0 Å². The van der Waals surface area contributed by atoms with E-state index in [1.807, 2.05) is 20.8 Å². The predicted octanol–water partition coefficient (Wildman–Crippen LogP) is 6.22. The molecule has 22 heteroatoms. The minimum Gasteiger partial charge on any atom is -0.484 e. The smallest absolute Gasteiger partial charge is 0.484 e. The lowest BCUT2D eigenvalue weighted by Gasteiger charge is -2.20. The molecule has 2 aromatic heterocycles. The molecule has 2 heterocycles. The number of alkyl halides is 9. The van der Waals surface area contributed by atoms with E-state index in [1.165, 1.54) is 24.4 Å². The maximum atomic E-state index is 12.7. The van der Waals surface area contributed by atoms with Crippen molar-refractivity contribution in [2.24, 2.45) is 0 Å². The predicted molar refractivity (Wildman–Crippen MR) is 154 cm³/mol. The number of carboxylic acids is 2. The quantitative estimate of drug-likeness (QED) is 0.136.